The van der Waals surface area contributed by atoms with Crippen LogP contribution in [0.1, 0.15) is 32.3 Å². The summed E-state index contributed by atoms with van der Waals surface area (Å²) in [5.41, 5.74) is 1.21. The number of hydrogen-bond acceptors (Lipinski definition) is 3. The van der Waals surface area contributed by atoms with Crippen molar-refractivity contribution in [3.63, 3.8) is 0 Å². The van der Waals surface area contributed by atoms with Crippen LogP contribution in [-0.4, -0.2) is 42.7 Å². The molecule has 4 nitrogen and oxygen atoms in total. The molecule has 0 radical (unpaired) electrons. The van der Waals surface area contributed by atoms with E-state index in [0.29, 0.717) is 18.0 Å². The largest absolute Gasteiger partial charge is 0.375 e. The number of hydrogen-bond donors (Lipinski definition) is 2. The van der Waals surface area contributed by atoms with Crippen LogP contribution in [-0.2, 0) is 11.3 Å². The molecule has 1 atom stereocenters. The summed E-state index contributed by atoms with van der Waals surface area (Å²) in [4.78, 5) is 4.74. The Morgan fingerprint density at radius 1 is 1.29 bits per heavy atom. The number of guanidine groups is 1. The Kier molecular flexibility index (Phi) is 10.8. The van der Waals surface area contributed by atoms with Gasteiger partial charge in [-0.2, -0.15) is 11.8 Å². The fourth-order valence-corrected chi connectivity index (χ4v) is 3.78. The zero-order valence-corrected chi connectivity index (χ0v) is 17.9. The van der Waals surface area contributed by atoms with Crippen molar-refractivity contribution >= 4 is 41.7 Å². The van der Waals surface area contributed by atoms with Crippen LogP contribution < -0.4 is 10.6 Å². The summed E-state index contributed by atoms with van der Waals surface area (Å²) in [7, 11) is 0. The molecule has 6 heteroatoms. The van der Waals surface area contributed by atoms with Crippen LogP contribution in [0.4, 0.5) is 0 Å². The number of aliphatic imine (C=N–C) groups is 1. The first-order valence-corrected chi connectivity index (χ1v) is 9.48. The second-order valence-corrected chi connectivity index (χ2v) is 7.74. The Bertz CT molecular complexity index is 478. The molecular weight excluding hydrogens is 433 g/mol. The monoisotopic (exact) mass is 463 g/mol. The zero-order valence-electron chi connectivity index (χ0n) is 14.7. The molecule has 0 bridgehead atoms. The SMILES string of the molecule is CCNC(=NCC1(C)CCCS1)NCCOCc1ccccc1.I. The third-order valence-electron chi connectivity index (χ3n) is 3.87. The van der Waals surface area contributed by atoms with Gasteiger partial charge in [0.05, 0.1) is 19.8 Å². The quantitative estimate of drug-likeness (QED) is 0.267. The van der Waals surface area contributed by atoms with E-state index in [-0.39, 0.29) is 24.0 Å². The maximum Gasteiger partial charge on any atom is 0.191 e. The van der Waals surface area contributed by atoms with E-state index in [1.165, 1.54) is 24.2 Å². The average molecular weight is 463 g/mol. The van der Waals surface area contributed by atoms with Crippen LogP contribution in [0.2, 0.25) is 0 Å². The Labute approximate surface area is 167 Å². The summed E-state index contributed by atoms with van der Waals surface area (Å²) < 4.78 is 6.01. The summed E-state index contributed by atoms with van der Waals surface area (Å²) in [5.74, 6) is 2.16. The van der Waals surface area contributed by atoms with Crippen LogP contribution in [0, 0.1) is 0 Å². The lowest BCUT2D eigenvalue weighted by molar-refractivity contribution is 0.125. The Balaban J connectivity index is 0.00000288. The fraction of sp³-hybridized carbons (Fsp3) is 0.611. The molecule has 0 amide bonds. The lowest BCUT2D eigenvalue weighted by Gasteiger charge is -2.21. The highest BCUT2D eigenvalue weighted by molar-refractivity contribution is 14.0. The predicted octanol–water partition coefficient (Wildman–Crippen LogP) is 3.66. The van der Waals surface area contributed by atoms with Crippen LogP contribution >= 0.6 is 35.7 Å². The normalized spacial score (nSPS) is 20.5. The molecule has 1 fully saturated rings. The maximum atomic E-state index is 5.70. The molecule has 1 saturated heterocycles. The third kappa shape index (κ3) is 8.07. The highest BCUT2D eigenvalue weighted by Crippen LogP contribution is 2.37. The van der Waals surface area contributed by atoms with Gasteiger partial charge in [0.2, 0.25) is 0 Å². The van der Waals surface area contributed by atoms with Gasteiger partial charge in [-0.25, -0.2) is 0 Å². The lowest BCUT2D eigenvalue weighted by Crippen LogP contribution is -2.40. The van der Waals surface area contributed by atoms with Gasteiger partial charge in [0, 0.05) is 17.8 Å². The molecule has 0 aromatic heterocycles. The van der Waals surface area contributed by atoms with Gasteiger partial charge in [-0.05, 0) is 38.0 Å². The number of thioether (sulfide) groups is 1. The molecule has 0 saturated carbocycles. The molecule has 0 aliphatic carbocycles. The lowest BCUT2D eigenvalue weighted by atomic mass is 10.1. The zero-order chi connectivity index (χ0) is 16.4. The van der Waals surface area contributed by atoms with Gasteiger partial charge in [-0.3, -0.25) is 4.99 Å². The second kappa shape index (κ2) is 12.0. The topological polar surface area (TPSA) is 45.7 Å². The van der Waals surface area contributed by atoms with E-state index in [1.807, 2.05) is 30.0 Å². The van der Waals surface area contributed by atoms with Crippen LogP contribution in [0.25, 0.3) is 0 Å². The molecule has 1 unspecified atom stereocenters. The van der Waals surface area contributed by atoms with Crippen molar-refractivity contribution in [2.45, 2.75) is 38.0 Å². The Morgan fingerprint density at radius 3 is 2.75 bits per heavy atom. The first-order valence-electron chi connectivity index (χ1n) is 8.50. The fourth-order valence-electron chi connectivity index (χ4n) is 2.56. The smallest absolute Gasteiger partial charge is 0.191 e. The van der Waals surface area contributed by atoms with Crippen molar-refractivity contribution in [2.75, 3.05) is 32.0 Å². The van der Waals surface area contributed by atoms with Crippen molar-refractivity contribution in [3.05, 3.63) is 35.9 Å². The van der Waals surface area contributed by atoms with E-state index in [4.69, 9.17) is 9.73 Å². The molecule has 1 heterocycles. The summed E-state index contributed by atoms with van der Waals surface area (Å²) in [6, 6.07) is 10.3. The predicted molar refractivity (Wildman–Crippen MR) is 116 cm³/mol. The van der Waals surface area contributed by atoms with Gasteiger partial charge < -0.3 is 15.4 Å². The van der Waals surface area contributed by atoms with Gasteiger partial charge >= 0.3 is 0 Å². The van der Waals surface area contributed by atoms with E-state index < -0.39 is 0 Å². The molecule has 2 rings (SSSR count). The number of halogens is 1. The summed E-state index contributed by atoms with van der Waals surface area (Å²) in [6.07, 6.45) is 2.58. The molecule has 1 aromatic carbocycles. The summed E-state index contributed by atoms with van der Waals surface area (Å²) >= 11 is 2.05. The number of benzene rings is 1. The number of nitrogens with one attached hydrogen (secondary N) is 2. The van der Waals surface area contributed by atoms with Crippen LogP contribution in [0.5, 0.6) is 0 Å². The Morgan fingerprint density at radius 2 is 2.08 bits per heavy atom. The van der Waals surface area contributed by atoms with Crippen molar-refractivity contribution in [1.29, 1.82) is 0 Å². The molecule has 136 valence electrons. The third-order valence-corrected chi connectivity index (χ3v) is 5.39. The highest BCUT2D eigenvalue weighted by atomic mass is 127. The molecule has 1 aromatic rings. The van der Waals surface area contributed by atoms with Crippen molar-refractivity contribution in [2.24, 2.45) is 4.99 Å². The minimum Gasteiger partial charge on any atom is -0.375 e. The van der Waals surface area contributed by atoms with E-state index in [1.54, 1.807) is 0 Å². The number of rotatable bonds is 8. The van der Waals surface area contributed by atoms with Crippen molar-refractivity contribution < 1.29 is 4.74 Å². The summed E-state index contributed by atoms with van der Waals surface area (Å²) in [5, 5.41) is 6.66. The molecule has 0 spiro atoms. The van der Waals surface area contributed by atoms with Crippen LogP contribution in [0.3, 0.4) is 0 Å². The van der Waals surface area contributed by atoms with Gasteiger partial charge in [-0.1, -0.05) is 30.3 Å². The van der Waals surface area contributed by atoms with E-state index in [2.05, 4.69) is 36.6 Å². The standard InChI is InChI=1S/C18H29N3OS.HI/c1-3-19-17(21-15-18(2)10-7-13-23-18)20-11-12-22-14-16-8-5-4-6-9-16;/h4-6,8-9H,3,7,10-15H2,1-2H3,(H2,19,20,21);1H. The molecule has 1 aliphatic heterocycles. The van der Waals surface area contributed by atoms with E-state index >= 15 is 0 Å². The van der Waals surface area contributed by atoms with Gasteiger partial charge in [0.1, 0.15) is 0 Å². The number of ether oxygens (including phenoxy) is 1. The van der Waals surface area contributed by atoms with E-state index in [0.717, 1.165) is 25.6 Å². The summed E-state index contributed by atoms with van der Waals surface area (Å²) in [6.45, 7) is 8.26. The molecule has 2 N–H and O–H groups in total. The average Bonchev–Trinajstić information content (AvgIpc) is 3.00. The van der Waals surface area contributed by atoms with Crippen molar-refractivity contribution in [1.82, 2.24) is 10.6 Å². The molecule has 24 heavy (non-hydrogen) atoms. The maximum absolute atomic E-state index is 5.70. The van der Waals surface area contributed by atoms with E-state index in [9.17, 15) is 0 Å². The second-order valence-electron chi connectivity index (χ2n) is 6.06. The van der Waals surface area contributed by atoms with Gasteiger partial charge in [-0.15, -0.1) is 24.0 Å². The highest BCUT2D eigenvalue weighted by Gasteiger charge is 2.29. The first kappa shape index (κ1) is 21.6. The Hall–Kier alpha value is -0.470. The van der Waals surface area contributed by atoms with Gasteiger partial charge in [0.15, 0.2) is 5.96 Å². The molecular formula is C18H30IN3OS. The van der Waals surface area contributed by atoms with Gasteiger partial charge in [0.25, 0.3) is 0 Å². The first-order chi connectivity index (χ1) is 11.2. The van der Waals surface area contributed by atoms with Crippen molar-refractivity contribution in [3.8, 4) is 0 Å². The van der Waals surface area contributed by atoms with Crippen LogP contribution in [0.15, 0.2) is 35.3 Å². The minimum absolute atomic E-state index is 0. The number of nitrogens with zero attached hydrogens (tertiary/aromatic N) is 1. The molecule has 1 aliphatic rings. The minimum atomic E-state index is 0.